The first-order chi connectivity index (χ1) is 8.54. The third-order valence-electron chi connectivity index (χ3n) is 2.16. The van der Waals surface area contributed by atoms with Gasteiger partial charge in [0, 0.05) is 5.56 Å². The largest absolute Gasteiger partial charge is 0.461 e. The minimum absolute atomic E-state index is 0.292. The minimum atomic E-state index is -1.04. The predicted molar refractivity (Wildman–Crippen MR) is 66.0 cm³/mol. The van der Waals surface area contributed by atoms with Crippen LogP contribution in [0.2, 0.25) is 0 Å². The lowest BCUT2D eigenvalue weighted by molar-refractivity contribution is -0.150. The second-order valence-electron chi connectivity index (χ2n) is 4.06. The van der Waals surface area contributed by atoms with Gasteiger partial charge in [-0.25, -0.2) is 4.79 Å². The molecule has 2 N–H and O–H groups in total. The number of rotatable bonds is 5. The number of aliphatic hydroxyl groups is 1. The molecule has 1 amide bonds. The van der Waals surface area contributed by atoms with E-state index < -0.39 is 24.5 Å². The number of amides is 1. The predicted octanol–water partition coefficient (Wildman–Crippen LogP) is 0.729. The smallest absolute Gasteiger partial charge is 0.331 e. The molecule has 0 radical (unpaired) electrons. The van der Waals surface area contributed by atoms with Gasteiger partial charge in [0.15, 0.2) is 6.04 Å². The van der Waals surface area contributed by atoms with Crippen LogP contribution in [0.3, 0.4) is 0 Å². The highest BCUT2D eigenvalue weighted by molar-refractivity contribution is 5.96. The monoisotopic (exact) mass is 251 g/mol. The van der Waals surface area contributed by atoms with Crippen LogP contribution in [0.25, 0.3) is 0 Å². The van der Waals surface area contributed by atoms with Gasteiger partial charge in [-0.05, 0) is 26.0 Å². The number of hydrogen-bond donors (Lipinski definition) is 2. The van der Waals surface area contributed by atoms with Crippen molar-refractivity contribution in [2.75, 3.05) is 6.61 Å². The highest BCUT2D eigenvalue weighted by Gasteiger charge is 2.22. The fraction of sp³-hybridized carbons (Fsp3) is 0.385. The Labute approximate surface area is 106 Å². The molecule has 5 nitrogen and oxygen atoms in total. The highest BCUT2D eigenvalue weighted by Crippen LogP contribution is 2.00. The number of ether oxygens (including phenoxy) is 1. The third-order valence-corrected chi connectivity index (χ3v) is 2.16. The Kier molecular flexibility index (Phi) is 5.32. The van der Waals surface area contributed by atoms with Gasteiger partial charge in [-0.15, -0.1) is 0 Å². The van der Waals surface area contributed by atoms with Crippen molar-refractivity contribution in [1.82, 2.24) is 5.32 Å². The maximum atomic E-state index is 11.8. The molecule has 0 saturated heterocycles. The van der Waals surface area contributed by atoms with Crippen LogP contribution in [-0.4, -0.2) is 35.7 Å². The van der Waals surface area contributed by atoms with E-state index >= 15 is 0 Å². The molecular weight excluding hydrogens is 234 g/mol. The van der Waals surface area contributed by atoms with E-state index in [0.717, 1.165) is 0 Å². The van der Waals surface area contributed by atoms with Crippen LogP contribution in [0, 0.1) is 0 Å². The van der Waals surface area contributed by atoms with Gasteiger partial charge >= 0.3 is 5.97 Å². The number of esters is 1. The first kappa shape index (κ1) is 14.2. The molecular formula is C13H17NO4. The number of nitrogens with one attached hydrogen (secondary N) is 1. The van der Waals surface area contributed by atoms with Crippen LogP contribution >= 0.6 is 0 Å². The van der Waals surface area contributed by atoms with Crippen molar-refractivity contribution >= 4 is 11.9 Å². The Balaban J connectivity index is 2.64. The average molecular weight is 251 g/mol. The molecule has 1 rings (SSSR count). The molecule has 5 heteroatoms. The van der Waals surface area contributed by atoms with Crippen molar-refractivity contribution in [3.63, 3.8) is 0 Å². The van der Waals surface area contributed by atoms with E-state index in [4.69, 9.17) is 9.84 Å². The van der Waals surface area contributed by atoms with Crippen LogP contribution < -0.4 is 5.32 Å². The number of aliphatic hydroxyl groups excluding tert-OH is 1. The molecule has 1 aromatic rings. The third kappa shape index (κ3) is 4.18. The van der Waals surface area contributed by atoms with E-state index in [9.17, 15) is 9.59 Å². The van der Waals surface area contributed by atoms with E-state index in [1.54, 1.807) is 44.2 Å². The summed E-state index contributed by atoms with van der Waals surface area (Å²) in [6, 6.07) is 7.42. The van der Waals surface area contributed by atoms with Gasteiger partial charge in [-0.3, -0.25) is 4.79 Å². The molecule has 98 valence electrons. The zero-order chi connectivity index (χ0) is 13.5. The highest BCUT2D eigenvalue weighted by atomic mass is 16.5. The second-order valence-corrected chi connectivity index (χ2v) is 4.06. The number of carbonyl (C=O) groups excluding carboxylic acids is 2. The summed E-state index contributed by atoms with van der Waals surface area (Å²) < 4.78 is 4.93. The molecule has 0 heterocycles. The van der Waals surface area contributed by atoms with Gasteiger partial charge in [0.25, 0.3) is 5.91 Å². The Bertz CT molecular complexity index is 403. The Morgan fingerprint density at radius 3 is 2.39 bits per heavy atom. The van der Waals surface area contributed by atoms with E-state index in [0.29, 0.717) is 5.56 Å². The van der Waals surface area contributed by atoms with Gasteiger partial charge in [-0.2, -0.15) is 0 Å². The van der Waals surface area contributed by atoms with Gasteiger partial charge < -0.3 is 15.2 Å². The van der Waals surface area contributed by atoms with Crippen molar-refractivity contribution in [3.05, 3.63) is 35.9 Å². The Hall–Kier alpha value is -1.88. The summed E-state index contributed by atoms with van der Waals surface area (Å²) in [7, 11) is 0. The minimum Gasteiger partial charge on any atom is -0.461 e. The molecule has 0 saturated carbocycles. The summed E-state index contributed by atoms with van der Waals surface area (Å²) in [5.74, 6) is -1.06. The topological polar surface area (TPSA) is 75.6 Å². The lowest BCUT2D eigenvalue weighted by atomic mass is 10.2. The molecule has 0 bridgehead atoms. The molecule has 0 aliphatic rings. The lowest BCUT2D eigenvalue weighted by Gasteiger charge is -2.17. The van der Waals surface area contributed by atoms with Crippen LogP contribution in [0.5, 0.6) is 0 Å². The van der Waals surface area contributed by atoms with Crippen LogP contribution in [0.15, 0.2) is 30.3 Å². The van der Waals surface area contributed by atoms with Crippen molar-refractivity contribution in [2.24, 2.45) is 0 Å². The molecule has 0 aliphatic carbocycles. The van der Waals surface area contributed by atoms with E-state index in [-0.39, 0.29) is 6.10 Å². The molecule has 0 aromatic heterocycles. The number of benzene rings is 1. The van der Waals surface area contributed by atoms with Gasteiger partial charge in [0.05, 0.1) is 12.7 Å². The second kappa shape index (κ2) is 6.76. The van der Waals surface area contributed by atoms with Crippen molar-refractivity contribution in [1.29, 1.82) is 0 Å². The zero-order valence-corrected chi connectivity index (χ0v) is 10.4. The molecule has 0 fully saturated rings. The average Bonchev–Trinajstić information content (AvgIpc) is 2.35. The standard InChI is InChI=1S/C13H17NO4/c1-9(2)18-13(17)11(8-15)14-12(16)10-6-4-3-5-7-10/h3-7,9,11,15H,8H2,1-2H3,(H,14,16). The summed E-state index contributed by atoms with van der Waals surface area (Å²) in [5.41, 5.74) is 0.424. The van der Waals surface area contributed by atoms with Crippen LogP contribution in [0.1, 0.15) is 24.2 Å². The first-order valence-corrected chi connectivity index (χ1v) is 5.72. The quantitative estimate of drug-likeness (QED) is 0.756. The number of carbonyl (C=O) groups is 2. The summed E-state index contributed by atoms with van der Waals surface area (Å²) in [4.78, 5) is 23.3. The normalized spacial score (nSPS) is 12.0. The van der Waals surface area contributed by atoms with Gasteiger partial charge in [-0.1, -0.05) is 18.2 Å². The van der Waals surface area contributed by atoms with Crippen LogP contribution in [-0.2, 0) is 9.53 Å². The lowest BCUT2D eigenvalue weighted by Crippen LogP contribution is -2.45. The maximum absolute atomic E-state index is 11.8. The maximum Gasteiger partial charge on any atom is 0.331 e. The molecule has 0 spiro atoms. The molecule has 1 unspecified atom stereocenters. The number of hydrogen-bond acceptors (Lipinski definition) is 4. The van der Waals surface area contributed by atoms with Crippen LogP contribution in [0.4, 0.5) is 0 Å². The Morgan fingerprint density at radius 1 is 1.28 bits per heavy atom. The van der Waals surface area contributed by atoms with E-state index in [1.807, 2.05) is 0 Å². The zero-order valence-electron chi connectivity index (χ0n) is 10.4. The summed E-state index contributed by atoms with van der Waals surface area (Å²) >= 11 is 0. The molecule has 0 aliphatic heterocycles. The Morgan fingerprint density at radius 2 is 1.89 bits per heavy atom. The van der Waals surface area contributed by atoms with Crippen molar-refractivity contribution in [2.45, 2.75) is 26.0 Å². The molecule has 1 aromatic carbocycles. The SMILES string of the molecule is CC(C)OC(=O)C(CO)NC(=O)c1ccccc1. The molecule has 18 heavy (non-hydrogen) atoms. The molecule has 1 atom stereocenters. The first-order valence-electron chi connectivity index (χ1n) is 5.72. The van der Waals surface area contributed by atoms with E-state index in [2.05, 4.69) is 5.32 Å². The van der Waals surface area contributed by atoms with Crippen molar-refractivity contribution in [3.8, 4) is 0 Å². The van der Waals surface area contributed by atoms with Crippen molar-refractivity contribution < 1.29 is 19.4 Å². The summed E-state index contributed by atoms with van der Waals surface area (Å²) in [6.07, 6.45) is -0.292. The van der Waals surface area contributed by atoms with Gasteiger partial charge in [0.1, 0.15) is 0 Å². The van der Waals surface area contributed by atoms with Gasteiger partial charge in [0.2, 0.25) is 0 Å². The summed E-state index contributed by atoms with van der Waals surface area (Å²) in [6.45, 7) is 2.90. The summed E-state index contributed by atoms with van der Waals surface area (Å²) in [5, 5.41) is 11.5. The fourth-order valence-electron chi connectivity index (χ4n) is 1.32. The fourth-order valence-corrected chi connectivity index (χ4v) is 1.32. The van der Waals surface area contributed by atoms with E-state index in [1.165, 1.54) is 0 Å².